The van der Waals surface area contributed by atoms with E-state index in [0.29, 0.717) is 6.10 Å². The first-order valence-corrected chi connectivity index (χ1v) is 10.6. The summed E-state index contributed by atoms with van der Waals surface area (Å²) in [6, 6.07) is 0. The molecule has 0 heterocycles. The Balaban J connectivity index is 3.51. The van der Waals surface area contributed by atoms with Crippen molar-refractivity contribution in [3.05, 3.63) is 0 Å². The Labute approximate surface area is 116 Å². The van der Waals surface area contributed by atoms with E-state index in [-0.39, 0.29) is 0 Å². The van der Waals surface area contributed by atoms with Crippen LogP contribution >= 0.6 is 0 Å². The van der Waals surface area contributed by atoms with Crippen molar-refractivity contribution in [2.75, 3.05) is 6.61 Å². The lowest BCUT2D eigenvalue weighted by atomic mass is 10.1. The topological polar surface area (TPSA) is 18.5 Å². The minimum absolute atomic E-state index is 0.348. The fourth-order valence-corrected chi connectivity index (χ4v) is 3.98. The second kappa shape index (κ2) is 11.0. The van der Waals surface area contributed by atoms with Crippen molar-refractivity contribution >= 4 is 8.56 Å². The molecule has 1 atom stereocenters. The van der Waals surface area contributed by atoms with Gasteiger partial charge in [-0.05, 0) is 32.9 Å². The Morgan fingerprint density at radius 3 is 2.11 bits per heavy atom. The molecule has 0 saturated heterocycles. The van der Waals surface area contributed by atoms with Gasteiger partial charge in [-0.3, -0.25) is 0 Å². The molecule has 0 aliphatic carbocycles. The lowest BCUT2D eigenvalue weighted by molar-refractivity contribution is 0.123. The predicted octanol–water partition coefficient (Wildman–Crippen LogP) is 5.27. The van der Waals surface area contributed by atoms with Crippen LogP contribution in [0.3, 0.4) is 0 Å². The first-order valence-electron chi connectivity index (χ1n) is 7.83. The van der Waals surface area contributed by atoms with E-state index in [4.69, 9.17) is 8.85 Å². The van der Waals surface area contributed by atoms with E-state index >= 15 is 0 Å². The maximum atomic E-state index is 6.04. The summed E-state index contributed by atoms with van der Waals surface area (Å²) in [6.45, 7) is 11.8. The summed E-state index contributed by atoms with van der Waals surface area (Å²) in [5.41, 5.74) is 0. The average molecular weight is 275 g/mol. The molecule has 1 unspecified atom stereocenters. The zero-order valence-corrected chi connectivity index (χ0v) is 14.3. The smallest absolute Gasteiger partial charge is 0.331 e. The highest BCUT2D eigenvalue weighted by molar-refractivity contribution is 6.64. The fraction of sp³-hybridized carbons (Fsp3) is 1.00. The molecule has 0 aromatic rings. The Hall–Kier alpha value is 0.137. The third-order valence-electron chi connectivity index (χ3n) is 3.13. The maximum Gasteiger partial charge on any atom is 0.331 e. The Morgan fingerprint density at radius 2 is 1.50 bits per heavy atom. The molecule has 0 radical (unpaired) electrons. The fourth-order valence-electron chi connectivity index (χ4n) is 2.18. The molecule has 2 nitrogen and oxygen atoms in total. The van der Waals surface area contributed by atoms with E-state index in [1.165, 1.54) is 44.9 Å². The van der Waals surface area contributed by atoms with Crippen LogP contribution in [0.15, 0.2) is 0 Å². The Bertz CT molecular complexity index is 183. The van der Waals surface area contributed by atoms with Crippen molar-refractivity contribution in [2.45, 2.75) is 91.3 Å². The number of rotatable bonds is 12. The van der Waals surface area contributed by atoms with Gasteiger partial charge in [0.2, 0.25) is 0 Å². The molecule has 0 aromatic carbocycles. The largest absolute Gasteiger partial charge is 0.395 e. The van der Waals surface area contributed by atoms with Crippen LogP contribution in [0.25, 0.3) is 0 Å². The lowest BCUT2D eigenvalue weighted by Crippen LogP contribution is -2.38. The van der Waals surface area contributed by atoms with Crippen LogP contribution in [0.2, 0.25) is 13.1 Å². The highest BCUT2D eigenvalue weighted by Crippen LogP contribution is 2.14. The lowest BCUT2D eigenvalue weighted by Gasteiger charge is -2.26. The van der Waals surface area contributed by atoms with Crippen molar-refractivity contribution in [3.63, 3.8) is 0 Å². The van der Waals surface area contributed by atoms with Crippen LogP contribution in [0, 0.1) is 0 Å². The zero-order valence-electron chi connectivity index (χ0n) is 13.3. The van der Waals surface area contributed by atoms with Crippen LogP contribution in [0.1, 0.15) is 72.1 Å². The van der Waals surface area contributed by atoms with Gasteiger partial charge in [-0.25, -0.2) is 0 Å². The number of hydrogen-bond acceptors (Lipinski definition) is 2. The van der Waals surface area contributed by atoms with Gasteiger partial charge in [0.15, 0.2) is 0 Å². The van der Waals surface area contributed by atoms with E-state index in [2.05, 4.69) is 33.9 Å². The molecule has 3 heteroatoms. The molecule has 0 spiro atoms. The van der Waals surface area contributed by atoms with Crippen molar-refractivity contribution in [1.29, 1.82) is 0 Å². The second-order valence-electron chi connectivity index (χ2n) is 5.73. The summed E-state index contributed by atoms with van der Waals surface area (Å²) in [5, 5.41) is 0. The van der Waals surface area contributed by atoms with Crippen LogP contribution in [0.5, 0.6) is 0 Å². The van der Waals surface area contributed by atoms with Gasteiger partial charge in [0.25, 0.3) is 0 Å². The molecule has 0 aliphatic heterocycles. The van der Waals surface area contributed by atoms with Gasteiger partial charge in [0.1, 0.15) is 0 Å². The van der Waals surface area contributed by atoms with Crippen LogP contribution < -0.4 is 0 Å². The highest BCUT2D eigenvalue weighted by atomic mass is 28.4. The molecule has 0 aliphatic rings. The third kappa shape index (κ3) is 11.2. The molecule has 0 N–H and O–H groups in total. The molecular formula is C15H34O2Si. The van der Waals surface area contributed by atoms with Gasteiger partial charge < -0.3 is 8.85 Å². The predicted molar refractivity (Wildman–Crippen MR) is 82.3 cm³/mol. The number of hydrogen-bond donors (Lipinski definition) is 0. The molecule has 0 rings (SSSR count). The summed E-state index contributed by atoms with van der Waals surface area (Å²) >= 11 is 0. The highest BCUT2D eigenvalue weighted by Gasteiger charge is 2.26. The van der Waals surface area contributed by atoms with Gasteiger partial charge in [-0.1, -0.05) is 52.4 Å². The molecule has 0 fully saturated rings. The third-order valence-corrected chi connectivity index (χ3v) is 5.00. The molecule has 0 bridgehead atoms. The van der Waals surface area contributed by atoms with Crippen LogP contribution in [0.4, 0.5) is 0 Å². The van der Waals surface area contributed by atoms with Crippen LogP contribution in [-0.2, 0) is 8.85 Å². The normalized spacial score (nSPS) is 13.8. The standard InChI is InChI=1S/C15H34O2Si/c1-6-8-9-10-11-12-14-16-18(4,5)17-15(3)13-7-2/h15H,6-14H2,1-5H3. The summed E-state index contributed by atoms with van der Waals surface area (Å²) < 4.78 is 12.0. The van der Waals surface area contributed by atoms with Gasteiger partial charge in [-0.2, -0.15) is 0 Å². The Morgan fingerprint density at radius 1 is 0.889 bits per heavy atom. The quantitative estimate of drug-likeness (QED) is 0.356. The SMILES string of the molecule is CCCCCCCCO[Si](C)(C)OC(C)CCC. The first-order chi connectivity index (χ1) is 8.52. The maximum absolute atomic E-state index is 6.04. The van der Waals surface area contributed by atoms with Gasteiger partial charge >= 0.3 is 8.56 Å². The molecule has 0 amide bonds. The van der Waals surface area contributed by atoms with Gasteiger partial charge in [0, 0.05) is 12.7 Å². The monoisotopic (exact) mass is 274 g/mol. The minimum Gasteiger partial charge on any atom is -0.395 e. The summed E-state index contributed by atoms with van der Waals surface area (Å²) in [5.74, 6) is 0. The van der Waals surface area contributed by atoms with E-state index in [1.54, 1.807) is 0 Å². The summed E-state index contributed by atoms with van der Waals surface area (Å²) in [7, 11) is -1.88. The minimum atomic E-state index is -1.88. The molecule has 0 saturated carbocycles. The van der Waals surface area contributed by atoms with Crippen molar-refractivity contribution in [3.8, 4) is 0 Å². The zero-order chi connectivity index (χ0) is 13.9. The molecule has 110 valence electrons. The van der Waals surface area contributed by atoms with Crippen molar-refractivity contribution in [2.24, 2.45) is 0 Å². The van der Waals surface area contributed by atoms with E-state index in [0.717, 1.165) is 13.0 Å². The Kier molecular flexibility index (Phi) is 11.1. The second-order valence-corrected chi connectivity index (χ2v) is 9.06. The summed E-state index contributed by atoms with van der Waals surface area (Å²) in [4.78, 5) is 0. The summed E-state index contributed by atoms with van der Waals surface area (Å²) in [6.07, 6.45) is 10.6. The average Bonchev–Trinajstić information content (AvgIpc) is 2.27. The van der Waals surface area contributed by atoms with Gasteiger partial charge in [0.05, 0.1) is 0 Å². The van der Waals surface area contributed by atoms with E-state index in [1.807, 2.05) is 0 Å². The van der Waals surface area contributed by atoms with Crippen molar-refractivity contribution < 1.29 is 8.85 Å². The number of unbranched alkanes of at least 4 members (excludes halogenated alkanes) is 5. The molecule has 18 heavy (non-hydrogen) atoms. The van der Waals surface area contributed by atoms with Crippen LogP contribution in [-0.4, -0.2) is 21.3 Å². The molecular weight excluding hydrogens is 240 g/mol. The first kappa shape index (κ1) is 18.1. The van der Waals surface area contributed by atoms with Gasteiger partial charge in [-0.15, -0.1) is 0 Å². The molecule has 0 aromatic heterocycles. The van der Waals surface area contributed by atoms with E-state index in [9.17, 15) is 0 Å². The van der Waals surface area contributed by atoms with E-state index < -0.39 is 8.56 Å². The van der Waals surface area contributed by atoms with Crippen molar-refractivity contribution in [1.82, 2.24) is 0 Å².